The molecular formula is C17H25ClN2. The molecule has 0 aliphatic carbocycles. The molecule has 2 fully saturated rings. The number of fused-ring (bicyclic) bond motifs is 1. The Morgan fingerprint density at radius 3 is 2.85 bits per heavy atom. The molecule has 2 atom stereocenters. The van der Waals surface area contributed by atoms with E-state index in [1.165, 1.54) is 55.7 Å². The third-order valence-corrected chi connectivity index (χ3v) is 5.22. The van der Waals surface area contributed by atoms with Crippen molar-refractivity contribution in [2.24, 2.45) is 0 Å². The third-order valence-electron chi connectivity index (χ3n) is 4.91. The molecule has 110 valence electrons. The summed E-state index contributed by atoms with van der Waals surface area (Å²) in [6, 6.07) is 8.04. The van der Waals surface area contributed by atoms with Crippen LogP contribution in [0.5, 0.6) is 0 Å². The highest BCUT2D eigenvalue weighted by molar-refractivity contribution is 6.17. The summed E-state index contributed by atoms with van der Waals surface area (Å²) in [5.41, 5.74) is 3.98. The zero-order valence-electron chi connectivity index (χ0n) is 12.6. The number of halogens is 1. The molecule has 2 nitrogen and oxygen atoms in total. The number of nitrogens with zero attached hydrogens (tertiary/aromatic N) is 2. The van der Waals surface area contributed by atoms with Gasteiger partial charge in [-0.1, -0.05) is 18.6 Å². The van der Waals surface area contributed by atoms with Crippen LogP contribution in [-0.4, -0.2) is 36.6 Å². The largest absolute Gasteiger partial charge is 0.366 e. The van der Waals surface area contributed by atoms with E-state index in [1.807, 2.05) is 0 Å². The molecule has 0 radical (unpaired) electrons. The van der Waals surface area contributed by atoms with Crippen LogP contribution in [0.1, 0.15) is 37.3 Å². The molecule has 0 amide bonds. The van der Waals surface area contributed by atoms with E-state index in [0.29, 0.717) is 11.9 Å². The Bertz CT molecular complexity index is 474. The van der Waals surface area contributed by atoms with Crippen LogP contribution in [0.2, 0.25) is 0 Å². The van der Waals surface area contributed by atoms with Crippen molar-refractivity contribution in [2.45, 2.75) is 51.1 Å². The van der Waals surface area contributed by atoms with Crippen LogP contribution in [0, 0.1) is 6.92 Å². The number of hydrogen-bond donors (Lipinski definition) is 0. The van der Waals surface area contributed by atoms with Crippen LogP contribution >= 0.6 is 11.6 Å². The minimum Gasteiger partial charge on any atom is -0.366 e. The first-order valence-corrected chi connectivity index (χ1v) is 8.38. The fourth-order valence-electron chi connectivity index (χ4n) is 3.81. The molecule has 3 heteroatoms. The molecule has 3 rings (SSSR count). The lowest BCUT2D eigenvalue weighted by Crippen LogP contribution is -2.59. The smallest absolute Gasteiger partial charge is 0.0474 e. The minimum absolute atomic E-state index is 0.602. The molecule has 20 heavy (non-hydrogen) atoms. The minimum atomic E-state index is 0.602. The van der Waals surface area contributed by atoms with Gasteiger partial charge in [-0.3, -0.25) is 4.90 Å². The van der Waals surface area contributed by atoms with Crippen LogP contribution in [0.15, 0.2) is 18.2 Å². The summed E-state index contributed by atoms with van der Waals surface area (Å²) in [6.45, 7) is 8.27. The van der Waals surface area contributed by atoms with Gasteiger partial charge in [0, 0.05) is 36.7 Å². The average Bonchev–Trinajstić information content (AvgIpc) is 2.46. The van der Waals surface area contributed by atoms with Crippen molar-refractivity contribution in [1.82, 2.24) is 4.90 Å². The summed E-state index contributed by atoms with van der Waals surface area (Å²) in [5.74, 6) is 0.604. The van der Waals surface area contributed by atoms with Gasteiger partial charge in [0.15, 0.2) is 0 Å². The monoisotopic (exact) mass is 292 g/mol. The number of rotatable bonds is 2. The van der Waals surface area contributed by atoms with Crippen molar-refractivity contribution in [2.75, 3.05) is 24.5 Å². The van der Waals surface area contributed by atoms with Crippen LogP contribution in [0.25, 0.3) is 0 Å². The topological polar surface area (TPSA) is 6.48 Å². The summed E-state index contributed by atoms with van der Waals surface area (Å²) in [6.07, 6.45) is 4.14. The predicted molar refractivity (Wildman–Crippen MR) is 86.8 cm³/mol. The van der Waals surface area contributed by atoms with Gasteiger partial charge in [-0.25, -0.2) is 0 Å². The second-order valence-electron chi connectivity index (χ2n) is 6.40. The molecule has 0 bridgehead atoms. The summed E-state index contributed by atoms with van der Waals surface area (Å²) in [7, 11) is 0. The highest BCUT2D eigenvalue weighted by atomic mass is 35.5. The zero-order valence-corrected chi connectivity index (χ0v) is 13.4. The van der Waals surface area contributed by atoms with Gasteiger partial charge < -0.3 is 4.90 Å². The molecule has 2 aliphatic heterocycles. The van der Waals surface area contributed by atoms with Gasteiger partial charge in [0.1, 0.15) is 0 Å². The standard InChI is InChI=1S/C17H25ClN2/c1-13-9-15(10-18)6-7-17(13)20-12-16-5-3-4-8-19(16)11-14(20)2/h6-7,9,14,16H,3-5,8,10-12H2,1-2H3. The van der Waals surface area contributed by atoms with Crippen molar-refractivity contribution in [3.05, 3.63) is 29.3 Å². The van der Waals surface area contributed by atoms with Crippen LogP contribution in [-0.2, 0) is 5.88 Å². The maximum absolute atomic E-state index is 5.94. The quantitative estimate of drug-likeness (QED) is 0.765. The number of benzene rings is 1. The Balaban J connectivity index is 1.82. The van der Waals surface area contributed by atoms with Crippen molar-refractivity contribution < 1.29 is 0 Å². The van der Waals surface area contributed by atoms with Crippen molar-refractivity contribution >= 4 is 17.3 Å². The van der Waals surface area contributed by atoms with Crippen LogP contribution < -0.4 is 4.90 Å². The van der Waals surface area contributed by atoms with E-state index in [2.05, 4.69) is 41.8 Å². The van der Waals surface area contributed by atoms with E-state index in [9.17, 15) is 0 Å². The summed E-state index contributed by atoms with van der Waals surface area (Å²) >= 11 is 5.94. The van der Waals surface area contributed by atoms with Crippen LogP contribution in [0.4, 0.5) is 5.69 Å². The molecular weight excluding hydrogens is 268 g/mol. The van der Waals surface area contributed by atoms with Gasteiger partial charge in [-0.2, -0.15) is 0 Å². The van der Waals surface area contributed by atoms with E-state index in [1.54, 1.807) is 0 Å². The summed E-state index contributed by atoms with van der Waals surface area (Å²) in [5, 5.41) is 0. The second kappa shape index (κ2) is 5.95. The van der Waals surface area contributed by atoms with E-state index < -0.39 is 0 Å². The zero-order chi connectivity index (χ0) is 14.1. The molecule has 2 saturated heterocycles. The molecule has 2 unspecified atom stereocenters. The van der Waals surface area contributed by atoms with E-state index in [-0.39, 0.29) is 0 Å². The normalized spacial score (nSPS) is 27.4. The van der Waals surface area contributed by atoms with Gasteiger partial charge in [0.2, 0.25) is 0 Å². The Morgan fingerprint density at radius 2 is 2.10 bits per heavy atom. The molecule has 0 saturated carbocycles. The maximum Gasteiger partial charge on any atom is 0.0474 e. The molecule has 1 aromatic rings. The van der Waals surface area contributed by atoms with Gasteiger partial charge in [-0.15, -0.1) is 11.6 Å². The number of aryl methyl sites for hydroxylation is 1. The molecule has 0 N–H and O–H groups in total. The van der Waals surface area contributed by atoms with E-state index >= 15 is 0 Å². The van der Waals surface area contributed by atoms with Crippen molar-refractivity contribution in [1.29, 1.82) is 0 Å². The molecule has 0 spiro atoms. The molecule has 0 aromatic heterocycles. The lowest BCUT2D eigenvalue weighted by Gasteiger charge is -2.48. The second-order valence-corrected chi connectivity index (χ2v) is 6.67. The third kappa shape index (κ3) is 2.68. The molecule has 2 aliphatic rings. The highest BCUT2D eigenvalue weighted by Crippen LogP contribution is 2.30. The summed E-state index contributed by atoms with van der Waals surface area (Å²) < 4.78 is 0. The number of anilines is 1. The first kappa shape index (κ1) is 14.2. The van der Waals surface area contributed by atoms with Crippen LogP contribution in [0.3, 0.4) is 0 Å². The maximum atomic E-state index is 5.94. The Labute approximate surface area is 127 Å². The first-order chi connectivity index (χ1) is 9.69. The number of alkyl halides is 1. The van der Waals surface area contributed by atoms with Crippen molar-refractivity contribution in [3.63, 3.8) is 0 Å². The van der Waals surface area contributed by atoms with E-state index in [0.717, 1.165) is 6.04 Å². The number of piperidine rings is 1. The Hall–Kier alpha value is -0.730. The van der Waals surface area contributed by atoms with Gasteiger partial charge in [0.05, 0.1) is 0 Å². The lowest BCUT2D eigenvalue weighted by molar-refractivity contribution is 0.115. The Morgan fingerprint density at radius 1 is 1.25 bits per heavy atom. The van der Waals surface area contributed by atoms with Gasteiger partial charge in [0.25, 0.3) is 0 Å². The highest BCUT2D eigenvalue weighted by Gasteiger charge is 2.33. The fraction of sp³-hybridized carbons (Fsp3) is 0.647. The van der Waals surface area contributed by atoms with Gasteiger partial charge in [-0.05, 0) is 50.4 Å². The SMILES string of the molecule is Cc1cc(CCl)ccc1N1CC2CCCCN2CC1C. The number of hydrogen-bond acceptors (Lipinski definition) is 2. The Kier molecular flexibility index (Phi) is 4.23. The summed E-state index contributed by atoms with van der Waals surface area (Å²) in [4.78, 5) is 5.31. The molecule has 1 aromatic carbocycles. The number of piperazine rings is 1. The average molecular weight is 293 g/mol. The molecule has 2 heterocycles. The van der Waals surface area contributed by atoms with Gasteiger partial charge >= 0.3 is 0 Å². The van der Waals surface area contributed by atoms with Crippen molar-refractivity contribution in [3.8, 4) is 0 Å². The predicted octanol–water partition coefficient (Wildman–Crippen LogP) is 3.80. The van der Waals surface area contributed by atoms with E-state index in [4.69, 9.17) is 11.6 Å². The first-order valence-electron chi connectivity index (χ1n) is 7.85. The lowest BCUT2D eigenvalue weighted by atomic mass is 9.96. The fourth-order valence-corrected chi connectivity index (χ4v) is 3.98.